The fourth-order valence-corrected chi connectivity index (χ4v) is 1.74. The van der Waals surface area contributed by atoms with Crippen molar-refractivity contribution in [3.8, 4) is 0 Å². The molecule has 1 heterocycles. The lowest BCUT2D eigenvalue weighted by molar-refractivity contribution is -0.115. The summed E-state index contributed by atoms with van der Waals surface area (Å²) < 4.78 is 14.8. The van der Waals surface area contributed by atoms with Gasteiger partial charge < -0.3 is 15.2 Å². The van der Waals surface area contributed by atoms with E-state index in [2.05, 4.69) is 20.8 Å². The zero-order valence-corrected chi connectivity index (χ0v) is 11.1. The molecule has 2 aromatic rings. The van der Waals surface area contributed by atoms with Gasteiger partial charge in [0, 0.05) is 12.2 Å². The van der Waals surface area contributed by atoms with Crippen LogP contribution in [0, 0.1) is 5.82 Å². The molecule has 0 aliphatic rings. The standard InChI is InChI=1S/C13H16FN5O/c1-2-19-9-16-18-12(19)7-15-8-13(20)17-11-5-3-4-10(14)6-11/h3-6,9,15H,2,7-8H2,1H3,(H,17,20). The Morgan fingerprint density at radius 2 is 2.30 bits per heavy atom. The van der Waals surface area contributed by atoms with Crippen molar-refractivity contribution in [1.82, 2.24) is 20.1 Å². The number of benzene rings is 1. The molecule has 106 valence electrons. The van der Waals surface area contributed by atoms with E-state index >= 15 is 0 Å². The van der Waals surface area contributed by atoms with Crippen LogP contribution in [0.5, 0.6) is 0 Å². The number of nitrogens with zero attached hydrogens (tertiary/aromatic N) is 3. The number of carbonyl (C=O) groups excluding carboxylic acids is 1. The van der Waals surface area contributed by atoms with Crippen molar-refractivity contribution < 1.29 is 9.18 Å². The quantitative estimate of drug-likeness (QED) is 0.831. The second kappa shape index (κ2) is 6.76. The van der Waals surface area contributed by atoms with E-state index in [4.69, 9.17) is 0 Å². The van der Waals surface area contributed by atoms with Crippen LogP contribution in [0.4, 0.5) is 10.1 Å². The molecular weight excluding hydrogens is 261 g/mol. The van der Waals surface area contributed by atoms with Gasteiger partial charge in [0.25, 0.3) is 0 Å². The van der Waals surface area contributed by atoms with E-state index in [1.165, 1.54) is 12.1 Å². The summed E-state index contributed by atoms with van der Waals surface area (Å²) in [6.07, 6.45) is 1.64. The largest absolute Gasteiger partial charge is 0.325 e. The third-order valence-corrected chi connectivity index (χ3v) is 2.71. The molecule has 0 atom stereocenters. The first kappa shape index (κ1) is 14.1. The van der Waals surface area contributed by atoms with Crippen LogP contribution in [0.3, 0.4) is 0 Å². The van der Waals surface area contributed by atoms with Crippen LogP contribution in [-0.2, 0) is 17.9 Å². The Labute approximate surface area is 116 Å². The van der Waals surface area contributed by atoms with Crippen molar-refractivity contribution in [1.29, 1.82) is 0 Å². The summed E-state index contributed by atoms with van der Waals surface area (Å²) in [7, 11) is 0. The highest BCUT2D eigenvalue weighted by molar-refractivity contribution is 5.92. The number of halogens is 1. The first-order valence-electron chi connectivity index (χ1n) is 6.32. The first-order valence-corrected chi connectivity index (χ1v) is 6.32. The van der Waals surface area contributed by atoms with Gasteiger partial charge in [0.2, 0.25) is 5.91 Å². The molecule has 1 aromatic carbocycles. The Kier molecular flexibility index (Phi) is 4.78. The molecule has 1 amide bonds. The minimum Gasteiger partial charge on any atom is -0.325 e. The van der Waals surface area contributed by atoms with Crippen LogP contribution in [0.15, 0.2) is 30.6 Å². The molecule has 0 spiro atoms. The maximum absolute atomic E-state index is 13.0. The molecule has 0 radical (unpaired) electrons. The predicted molar refractivity (Wildman–Crippen MR) is 72.4 cm³/mol. The summed E-state index contributed by atoms with van der Waals surface area (Å²) in [5.74, 6) is 0.149. The maximum atomic E-state index is 13.0. The van der Waals surface area contributed by atoms with Crippen LogP contribution in [0.1, 0.15) is 12.7 Å². The van der Waals surface area contributed by atoms with Gasteiger partial charge in [-0.25, -0.2) is 4.39 Å². The number of carbonyl (C=O) groups is 1. The molecule has 0 saturated heterocycles. The molecule has 0 fully saturated rings. The van der Waals surface area contributed by atoms with Gasteiger partial charge in [0.05, 0.1) is 13.1 Å². The van der Waals surface area contributed by atoms with E-state index in [0.29, 0.717) is 12.2 Å². The van der Waals surface area contributed by atoms with E-state index < -0.39 is 0 Å². The maximum Gasteiger partial charge on any atom is 0.238 e. The number of amides is 1. The molecule has 0 aliphatic carbocycles. The van der Waals surface area contributed by atoms with Crippen molar-refractivity contribution >= 4 is 11.6 Å². The topological polar surface area (TPSA) is 71.8 Å². The zero-order valence-electron chi connectivity index (χ0n) is 11.1. The molecule has 0 saturated carbocycles. The van der Waals surface area contributed by atoms with E-state index in [1.54, 1.807) is 18.5 Å². The number of aryl methyl sites for hydroxylation is 1. The van der Waals surface area contributed by atoms with Crippen molar-refractivity contribution in [3.63, 3.8) is 0 Å². The van der Waals surface area contributed by atoms with E-state index in [9.17, 15) is 9.18 Å². The Balaban J connectivity index is 1.78. The minimum atomic E-state index is -0.383. The highest BCUT2D eigenvalue weighted by atomic mass is 19.1. The summed E-state index contributed by atoms with van der Waals surface area (Å²) in [5, 5.41) is 13.3. The van der Waals surface area contributed by atoms with E-state index in [-0.39, 0.29) is 18.3 Å². The average molecular weight is 277 g/mol. The van der Waals surface area contributed by atoms with Crippen molar-refractivity contribution in [2.45, 2.75) is 20.0 Å². The lowest BCUT2D eigenvalue weighted by atomic mass is 10.3. The Hall–Kier alpha value is -2.28. The highest BCUT2D eigenvalue weighted by Gasteiger charge is 2.05. The number of aromatic nitrogens is 3. The van der Waals surface area contributed by atoms with Gasteiger partial charge in [0.1, 0.15) is 18.0 Å². The van der Waals surface area contributed by atoms with Crippen LogP contribution in [-0.4, -0.2) is 27.2 Å². The van der Waals surface area contributed by atoms with Crippen molar-refractivity contribution in [3.05, 3.63) is 42.2 Å². The smallest absolute Gasteiger partial charge is 0.238 e. The van der Waals surface area contributed by atoms with Gasteiger partial charge in [-0.15, -0.1) is 10.2 Å². The number of rotatable bonds is 6. The Morgan fingerprint density at radius 3 is 3.05 bits per heavy atom. The fraction of sp³-hybridized carbons (Fsp3) is 0.308. The SMILES string of the molecule is CCn1cnnc1CNCC(=O)Nc1cccc(F)c1. The average Bonchev–Trinajstić information content (AvgIpc) is 2.86. The molecule has 2 N–H and O–H groups in total. The second-order valence-corrected chi connectivity index (χ2v) is 4.20. The van der Waals surface area contributed by atoms with Crippen LogP contribution in [0.25, 0.3) is 0 Å². The Morgan fingerprint density at radius 1 is 1.45 bits per heavy atom. The van der Waals surface area contributed by atoms with E-state index in [1.807, 2.05) is 11.5 Å². The van der Waals surface area contributed by atoms with Gasteiger partial charge >= 0.3 is 0 Å². The number of anilines is 1. The number of hydrogen-bond acceptors (Lipinski definition) is 4. The highest BCUT2D eigenvalue weighted by Crippen LogP contribution is 2.08. The molecule has 0 bridgehead atoms. The number of hydrogen-bond donors (Lipinski definition) is 2. The molecule has 1 aromatic heterocycles. The first-order chi connectivity index (χ1) is 9.69. The summed E-state index contributed by atoms with van der Waals surface area (Å²) in [5.41, 5.74) is 0.438. The Bertz CT molecular complexity index is 584. The summed E-state index contributed by atoms with van der Waals surface area (Å²) in [6, 6.07) is 5.77. The summed E-state index contributed by atoms with van der Waals surface area (Å²) >= 11 is 0. The van der Waals surface area contributed by atoms with Crippen LogP contribution >= 0.6 is 0 Å². The zero-order chi connectivity index (χ0) is 14.4. The fourth-order valence-electron chi connectivity index (χ4n) is 1.74. The van der Waals surface area contributed by atoms with Crippen molar-refractivity contribution in [2.24, 2.45) is 0 Å². The number of nitrogens with one attached hydrogen (secondary N) is 2. The second-order valence-electron chi connectivity index (χ2n) is 4.20. The van der Waals surface area contributed by atoms with Gasteiger partial charge in [-0.2, -0.15) is 0 Å². The van der Waals surface area contributed by atoms with Crippen molar-refractivity contribution in [2.75, 3.05) is 11.9 Å². The molecular formula is C13H16FN5O. The molecule has 7 heteroatoms. The normalized spacial score (nSPS) is 10.5. The third-order valence-electron chi connectivity index (χ3n) is 2.71. The molecule has 0 aliphatic heterocycles. The van der Waals surface area contributed by atoms with Crippen LogP contribution < -0.4 is 10.6 Å². The third kappa shape index (κ3) is 3.86. The minimum absolute atomic E-state index is 0.118. The van der Waals surface area contributed by atoms with Crippen LogP contribution in [0.2, 0.25) is 0 Å². The molecule has 2 rings (SSSR count). The predicted octanol–water partition coefficient (Wildman–Crippen LogP) is 1.17. The summed E-state index contributed by atoms with van der Waals surface area (Å²) in [4.78, 5) is 11.7. The lowest BCUT2D eigenvalue weighted by Gasteiger charge is -2.07. The monoisotopic (exact) mass is 277 g/mol. The lowest BCUT2D eigenvalue weighted by Crippen LogP contribution is -2.28. The van der Waals surface area contributed by atoms with Gasteiger partial charge in [-0.1, -0.05) is 6.07 Å². The van der Waals surface area contributed by atoms with Gasteiger partial charge in [0.15, 0.2) is 0 Å². The summed E-state index contributed by atoms with van der Waals surface area (Å²) in [6.45, 7) is 3.33. The molecule has 6 nitrogen and oxygen atoms in total. The van der Waals surface area contributed by atoms with Gasteiger partial charge in [-0.05, 0) is 25.1 Å². The molecule has 0 unspecified atom stereocenters. The van der Waals surface area contributed by atoms with E-state index in [0.717, 1.165) is 12.4 Å². The molecule has 20 heavy (non-hydrogen) atoms. The van der Waals surface area contributed by atoms with Gasteiger partial charge in [-0.3, -0.25) is 4.79 Å².